The van der Waals surface area contributed by atoms with Crippen LogP contribution in [-0.2, 0) is 4.79 Å². The first-order valence-electron chi connectivity index (χ1n) is 10.9. The van der Waals surface area contributed by atoms with E-state index in [1.54, 1.807) is 30.3 Å². The van der Waals surface area contributed by atoms with Gasteiger partial charge < -0.3 is 19.7 Å². The molecule has 0 bridgehead atoms. The highest BCUT2D eigenvalue weighted by Crippen LogP contribution is 2.32. The predicted molar refractivity (Wildman–Crippen MR) is 121 cm³/mol. The third kappa shape index (κ3) is 5.93. The first-order valence-corrected chi connectivity index (χ1v) is 10.9. The number of likely N-dealkylation sites (tertiary alicyclic amines) is 1. The summed E-state index contributed by atoms with van der Waals surface area (Å²) in [6.07, 6.45) is -7.06. The van der Waals surface area contributed by atoms with Crippen LogP contribution in [0.25, 0.3) is 21.9 Å². The monoisotopic (exact) mass is 522 g/mol. The standard InChI is InChI=1S/C22H18F2N4O2.C2HF3O2/c23-22(24)11-12-28(21(29)20-26-16-7-3-4-8-17(16)27-20)13-18(22)30-19-10-9-14-5-1-2-6-15(14)25-19;3-2(4,5)1(6)7/h1-10,18H,11-13H2,(H,26,27);(H,6,7)/t18-;/m0./s1. The van der Waals surface area contributed by atoms with E-state index in [-0.39, 0.29) is 24.8 Å². The second-order valence-corrected chi connectivity index (χ2v) is 8.12. The minimum Gasteiger partial charge on any atom is -0.475 e. The number of hydrogen-bond acceptors (Lipinski definition) is 5. The number of aromatic amines is 1. The number of carbonyl (C=O) groups is 2. The molecule has 3 heterocycles. The lowest BCUT2D eigenvalue weighted by molar-refractivity contribution is -0.192. The molecule has 1 saturated heterocycles. The number of nitrogens with zero attached hydrogens (tertiary/aromatic N) is 3. The number of alkyl halides is 5. The summed E-state index contributed by atoms with van der Waals surface area (Å²) in [5.41, 5.74) is 2.03. The highest BCUT2D eigenvalue weighted by Gasteiger charge is 2.47. The number of rotatable bonds is 3. The van der Waals surface area contributed by atoms with Crippen molar-refractivity contribution in [2.24, 2.45) is 0 Å². The van der Waals surface area contributed by atoms with Crippen molar-refractivity contribution < 1.29 is 41.4 Å². The molecule has 8 nitrogen and oxygen atoms in total. The fourth-order valence-corrected chi connectivity index (χ4v) is 3.64. The van der Waals surface area contributed by atoms with Gasteiger partial charge in [-0.1, -0.05) is 30.3 Å². The number of pyridine rings is 1. The van der Waals surface area contributed by atoms with Gasteiger partial charge in [-0.3, -0.25) is 4.79 Å². The van der Waals surface area contributed by atoms with Gasteiger partial charge in [-0.05, 0) is 24.3 Å². The zero-order chi connectivity index (χ0) is 26.8. The number of benzene rings is 2. The lowest BCUT2D eigenvalue weighted by Crippen LogP contribution is -2.55. The second-order valence-electron chi connectivity index (χ2n) is 8.12. The normalized spacial score (nSPS) is 17.2. The van der Waals surface area contributed by atoms with Crippen LogP contribution in [-0.4, -0.2) is 68.1 Å². The number of carbonyl (C=O) groups excluding carboxylic acids is 1. The van der Waals surface area contributed by atoms with Crippen LogP contribution >= 0.6 is 0 Å². The molecule has 194 valence electrons. The van der Waals surface area contributed by atoms with Gasteiger partial charge in [-0.15, -0.1) is 0 Å². The maximum Gasteiger partial charge on any atom is 0.490 e. The van der Waals surface area contributed by atoms with E-state index in [0.717, 1.165) is 10.9 Å². The molecule has 0 unspecified atom stereocenters. The highest BCUT2D eigenvalue weighted by molar-refractivity contribution is 5.94. The Labute approximate surface area is 205 Å². The Bertz CT molecular complexity index is 1410. The van der Waals surface area contributed by atoms with Crippen LogP contribution in [0.5, 0.6) is 5.88 Å². The lowest BCUT2D eigenvalue weighted by Gasteiger charge is -2.37. The Balaban J connectivity index is 0.000000405. The molecule has 0 radical (unpaired) electrons. The Kier molecular flexibility index (Phi) is 6.96. The summed E-state index contributed by atoms with van der Waals surface area (Å²) in [6, 6.07) is 18.0. The molecule has 2 aromatic carbocycles. The summed E-state index contributed by atoms with van der Waals surface area (Å²) in [6.45, 7) is -0.328. The number of H-pyrrole nitrogens is 1. The van der Waals surface area contributed by atoms with Gasteiger partial charge in [0.25, 0.3) is 11.8 Å². The number of para-hydroxylation sites is 3. The van der Waals surface area contributed by atoms with Crippen LogP contribution in [0.4, 0.5) is 22.0 Å². The van der Waals surface area contributed by atoms with E-state index in [4.69, 9.17) is 14.6 Å². The number of nitrogens with one attached hydrogen (secondary N) is 1. The fourth-order valence-electron chi connectivity index (χ4n) is 3.64. The largest absolute Gasteiger partial charge is 0.490 e. The van der Waals surface area contributed by atoms with E-state index in [9.17, 15) is 26.7 Å². The first kappa shape index (κ1) is 25.8. The van der Waals surface area contributed by atoms with Crippen molar-refractivity contribution in [3.8, 4) is 5.88 Å². The Morgan fingerprint density at radius 1 is 1.00 bits per heavy atom. The topological polar surface area (TPSA) is 108 Å². The van der Waals surface area contributed by atoms with E-state index < -0.39 is 36.5 Å². The van der Waals surface area contributed by atoms with Gasteiger partial charge in [0.15, 0.2) is 11.9 Å². The smallest absolute Gasteiger partial charge is 0.475 e. The minimum atomic E-state index is -5.08. The summed E-state index contributed by atoms with van der Waals surface area (Å²) in [5.74, 6) is -6.02. The molecule has 1 aliphatic heterocycles. The molecule has 0 saturated carbocycles. The minimum absolute atomic E-state index is 0.0755. The summed E-state index contributed by atoms with van der Waals surface area (Å²) in [7, 11) is 0. The van der Waals surface area contributed by atoms with Crippen molar-refractivity contribution in [2.45, 2.75) is 24.6 Å². The zero-order valence-electron chi connectivity index (χ0n) is 18.9. The van der Waals surface area contributed by atoms with Gasteiger partial charge in [-0.25, -0.2) is 23.5 Å². The summed E-state index contributed by atoms with van der Waals surface area (Å²) in [5, 5.41) is 8.02. The molecular formula is C24H19F5N4O4. The molecule has 2 aromatic heterocycles. The first-order chi connectivity index (χ1) is 17.4. The number of fused-ring (bicyclic) bond motifs is 2. The van der Waals surface area contributed by atoms with Crippen LogP contribution in [0, 0.1) is 0 Å². The van der Waals surface area contributed by atoms with E-state index in [2.05, 4.69) is 15.0 Å². The predicted octanol–water partition coefficient (Wildman–Crippen LogP) is 4.67. The number of carboxylic acids is 1. The number of piperidine rings is 1. The molecule has 2 N–H and O–H groups in total. The van der Waals surface area contributed by atoms with Gasteiger partial charge in [0.05, 0.1) is 23.1 Å². The highest BCUT2D eigenvalue weighted by atomic mass is 19.4. The number of aromatic nitrogens is 3. The maximum absolute atomic E-state index is 14.6. The molecule has 1 atom stereocenters. The van der Waals surface area contributed by atoms with Crippen molar-refractivity contribution >= 4 is 33.8 Å². The third-order valence-electron chi connectivity index (χ3n) is 5.53. The fraction of sp³-hybridized carbons (Fsp3) is 0.250. The van der Waals surface area contributed by atoms with Crippen LogP contribution in [0.1, 0.15) is 17.0 Å². The number of aliphatic carboxylic acids is 1. The van der Waals surface area contributed by atoms with E-state index in [1.165, 1.54) is 4.90 Å². The molecule has 1 amide bonds. The van der Waals surface area contributed by atoms with Crippen LogP contribution in [0.2, 0.25) is 0 Å². The molecule has 1 fully saturated rings. The van der Waals surface area contributed by atoms with Crippen molar-refractivity contribution in [1.29, 1.82) is 0 Å². The van der Waals surface area contributed by atoms with Crippen molar-refractivity contribution in [1.82, 2.24) is 19.9 Å². The van der Waals surface area contributed by atoms with Crippen LogP contribution in [0.3, 0.4) is 0 Å². The van der Waals surface area contributed by atoms with Crippen molar-refractivity contribution in [2.75, 3.05) is 13.1 Å². The zero-order valence-corrected chi connectivity index (χ0v) is 18.9. The summed E-state index contributed by atoms with van der Waals surface area (Å²) >= 11 is 0. The average molecular weight is 522 g/mol. The number of amides is 1. The Morgan fingerprint density at radius 3 is 2.32 bits per heavy atom. The van der Waals surface area contributed by atoms with E-state index in [0.29, 0.717) is 11.0 Å². The number of imidazole rings is 1. The molecule has 1 aliphatic rings. The third-order valence-corrected chi connectivity index (χ3v) is 5.53. The number of hydrogen-bond donors (Lipinski definition) is 2. The lowest BCUT2D eigenvalue weighted by atomic mass is 10.0. The number of ether oxygens (including phenoxy) is 1. The SMILES string of the molecule is O=C(O)C(F)(F)F.O=C(c1nc2ccccc2[nH]1)N1CCC(F)(F)[C@@H](Oc2ccc3ccccc3n2)C1. The van der Waals surface area contributed by atoms with Gasteiger partial charge >= 0.3 is 12.1 Å². The summed E-state index contributed by atoms with van der Waals surface area (Å²) < 4.78 is 66.4. The van der Waals surface area contributed by atoms with E-state index in [1.807, 2.05) is 30.3 Å². The molecule has 5 rings (SSSR count). The molecule has 37 heavy (non-hydrogen) atoms. The average Bonchev–Trinajstić information content (AvgIpc) is 3.29. The number of carboxylic acid groups (broad SMARTS) is 1. The molecule has 4 aromatic rings. The Morgan fingerprint density at radius 2 is 1.65 bits per heavy atom. The quantitative estimate of drug-likeness (QED) is 0.379. The van der Waals surface area contributed by atoms with Crippen LogP contribution < -0.4 is 4.74 Å². The molecule has 0 aliphatic carbocycles. The van der Waals surface area contributed by atoms with Gasteiger partial charge in [-0.2, -0.15) is 13.2 Å². The maximum atomic E-state index is 14.6. The molecule has 13 heteroatoms. The summed E-state index contributed by atoms with van der Waals surface area (Å²) in [4.78, 5) is 34.7. The van der Waals surface area contributed by atoms with E-state index >= 15 is 0 Å². The van der Waals surface area contributed by atoms with Gasteiger partial charge in [0.2, 0.25) is 5.88 Å². The second kappa shape index (κ2) is 9.99. The Hall–Kier alpha value is -4.29. The van der Waals surface area contributed by atoms with Crippen molar-refractivity contribution in [3.63, 3.8) is 0 Å². The van der Waals surface area contributed by atoms with Gasteiger partial charge in [0, 0.05) is 24.4 Å². The number of halogens is 5. The van der Waals surface area contributed by atoms with Crippen LogP contribution in [0.15, 0.2) is 60.7 Å². The molecule has 0 spiro atoms. The molecular weight excluding hydrogens is 503 g/mol. The van der Waals surface area contributed by atoms with Crippen molar-refractivity contribution in [3.05, 3.63) is 66.5 Å². The van der Waals surface area contributed by atoms with Gasteiger partial charge in [0.1, 0.15) is 0 Å².